The Morgan fingerprint density at radius 1 is 0.800 bits per heavy atom. The third-order valence-electron chi connectivity index (χ3n) is 6.04. The van der Waals surface area contributed by atoms with Gasteiger partial charge in [-0.2, -0.15) is 13.2 Å². The Hall–Kier alpha value is -3.09. The molecule has 2 unspecified atom stereocenters. The molecular weight excluding hydrogens is 478 g/mol. The number of alkyl halides is 3. The van der Waals surface area contributed by atoms with Crippen LogP contribution in [0, 0.1) is 5.82 Å². The van der Waals surface area contributed by atoms with Gasteiger partial charge in [0.25, 0.3) is 0 Å². The predicted octanol–water partition coefficient (Wildman–Crippen LogP) is 8.51. The van der Waals surface area contributed by atoms with E-state index in [1.807, 2.05) is 44.2 Å². The summed E-state index contributed by atoms with van der Waals surface area (Å²) in [7, 11) is 1.50. The van der Waals surface area contributed by atoms with Gasteiger partial charge >= 0.3 is 6.18 Å². The monoisotopic (exact) mass is 503 g/mol. The molecule has 0 aliphatic carbocycles. The second-order valence-corrected chi connectivity index (χ2v) is 8.40. The third kappa shape index (κ3) is 5.95. The molecule has 2 nitrogen and oxygen atoms in total. The highest BCUT2D eigenvalue weighted by Crippen LogP contribution is 2.35. The Bertz CT molecular complexity index is 1300. The second kappa shape index (κ2) is 10.7. The molecule has 1 N–H and O–H groups in total. The summed E-state index contributed by atoms with van der Waals surface area (Å²) in [6.07, 6.45) is -4.38. The minimum absolute atomic E-state index is 0. The highest BCUT2D eigenvalue weighted by Gasteiger charge is 2.30. The Morgan fingerprint density at radius 2 is 1.43 bits per heavy atom. The fourth-order valence-electron chi connectivity index (χ4n) is 4.18. The van der Waals surface area contributed by atoms with Crippen LogP contribution in [0.15, 0.2) is 78.9 Å². The van der Waals surface area contributed by atoms with Crippen LogP contribution in [0.3, 0.4) is 0 Å². The van der Waals surface area contributed by atoms with Crippen molar-refractivity contribution >= 4 is 23.2 Å². The maximum Gasteiger partial charge on any atom is 0.416 e. The molecule has 0 radical (unpaired) electrons. The highest BCUT2D eigenvalue weighted by molar-refractivity contribution is 5.97. The van der Waals surface area contributed by atoms with Gasteiger partial charge in [-0.3, -0.25) is 0 Å². The van der Waals surface area contributed by atoms with Crippen LogP contribution in [-0.2, 0) is 6.18 Å². The first-order chi connectivity index (χ1) is 16.2. The van der Waals surface area contributed by atoms with Crippen molar-refractivity contribution in [2.24, 2.45) is 0 Å². The van der Waals surface area contributed by atoms with Gasteiger partial charge < -0.3 is 10.1 Å². The van der Waals surface area contributed by atoms with Gasteiger partial charge in [0.05, 0.1) is 12.7 Å². The van der Waals surface area contributed by atoms with Gasteiger partial charge in [-0.25, -0.2) is 4.39 Å². The second-order valence-electron chi connectivity index (χ2n) is 8.40. The number of fused-ring (bicyclic) bond motifs is 1. The van der Waals surface area contributed by atoms with Crippen LogP contribution in [0.5, 0.6) is 5.75 Å². The van der Waals surface area contributed by atoms with Crippen molar-refractivity contribution in [2.75, 3.05) is 7.11 Å². The average Bonchev–Trinajstić information content (AvgIpc) is 2.82. The molecule has 4 rings (SSSR count). The van der Waals surface area contributed by atoms with Crippen LogP contribution in [0.25, 0.3) is 21.9 Å². The van der Waals surface area contributed by atoms with E-state index in [1.165, 1.54) is 31.4 Å². The van der Waals surface area contributed by atoms with Crippen molar-refractivity contribution in [1.29, 1.82) is 0 Å². The molecule has 0 fully saturated rings. The predicted molar refractivity (Wildman–Crippen MR) is 135 cm³/mol. The molecular formula is C28H26ClF4NO. The fourth-order valence-corrected chi connectivity index (χ4v) is 4.18. The molecule has 4 aromatic rings. The largest absolute Gasteiger partial charge is 0.497 e. The van der Waals surface area contributed by atoms with E-state index in [9.17, 15) is 17.6 Å². The Balaban J connectivity index is 0.00000342. The lowest BCUT2D eigenvalue weighted by molar-refractivity contribution is -0.137. The average molecular weight is 504 g/mol. The minimum atomic E-state index is -4.38. The number of ether oxygens (including phenoxy) is 1. The van der Waals surface area contributed by atoms with Gasteiger partial charge in [0, 0.05) is 18.2 Å². The lowest BCUT2D eigenvalue weighted by atomic mass is 9.92. The molecule has 0 bridgehead atoms. The van der Waals surface area contributed by atoms with Crippen molar-refractivity contribution in [2.45, 2.75) is 32.1 Å². The number of halogens is 5. The van der Waals surface area contributed by atoms with Gasteiger partial charge in [0.2, 0.25) is 0 Å². The molecule has 0 amide bonds. The number of methoxy groups -OCH3 is 1. The van der Waals surface area contributed by atoms with E-state index in [-0.39, 0.29) is 30.3 Å². The van der Waals surface area contributed by atoms with E-state index in [0.29, 0.717) is 11.3 Å². The van der Waals surface area contributed by atoms with E-state index < -0.39 is 11.7 Å². The number of hydrogen-bond donors (Lipinski definition) is 1. The van der Waals surface area contributed by atoms with Crippen LogP contribution >= 0.6 is 12.4 Å². The van der Waals surface area contributed by atoms with E-state index in [2.05, 4.69) is 11.4 Å². The standard InChI is InChI=1S/C28H25F4NO.ClH/c1-17(33-18(2)22-13-24(29)16-25(14-22)34-3)21-12-20-6-4-5-7-26(20)27(15-21)19-8-10-23(11-9-19)28(30,31)32;/h4-18,33H,1-3H3;1H. The van der Waals surface area contributed by atoms with Gasteiger partial charge in [-0.1, -0.05) is 36.4 Å². The summed E-state index contributed by atoms with van der Waals surface area (Å²) in [4.78, 5) is 0. The first-order valence-electron chi connectivity index (χ1n) is 11.0. The van der Waals surface area contributed by atoms with E-state index in [1.54, 1.807) is 6.07 Å². The van der Waals surface area contributed by atoms with Gasteiger partial charge in [0.1, 0.15) is 11.6 Å². The number of rotatable bonds is 6. The fraction of sp³-hybridized carbons (Fsp3) is 0.214. The van der Waals surface area contributed by atoms with Crippen LogP contribution in [-0.4, -0.2) is 7.11 Å². The van der Waals surface area contributed by atoms with Crippen LogP contribution < -0.4 is 10.1 Å². The summed E-state index contributed by atoms with van der Waals surface area (Å²) in [5.41, 5.74) is 2.62. The summed E-state index contributed by atoms with van der Waals surface area (Å²) in [6, 6.07) is 21.4. The SMILES string of the molecule is COc1cc(F)cc(C(C)NC(C)c2cc(-c3ccc(C(F)(F)F)cc3)c3ccccc3c2)c1.Cl. The quantitative estimate of drug-likeness (QED) is 0.266. The Labute approximate surface area is 208 Å². The Kier molecular flexibility index (Phi) is 8.08. The molecule has 0 saturated heterocycles. The highest BCUT2D eigenvalue weighted by atomic mass is 35.5. The molecule has 2 atom stereocenters. The molecule has 0 heterocycles. The maximum absolute atomic E-state index is 14.0. The molecule has 0 saturated carbocycles. The maximum atomic E-state index is 14.0. The summed E-state index contributed by atoms with van der Waals surface area (Å²) >= 11 is 0. The minimum Gasteiger partial charge on any atom is -0.497 e. The zero-order valence-electron chi connectivity index (χ0n) is 19.5. The van der Waals surface area contributed by atoms with E-state index in [4.69, 9.17) is 4.74 Å². The molecule has 0 aliphatic rings. The van der Waals surface area contributed by atoms with Crippen LogP contribution in [0.4, 0.5) is 17.6 Å². The van der Waals surface area contributed by atoms with Crippen molar-refractivity contribution in [3.63, 3.8) is 0 Å². The smallest absolute Gasteiger partial charge is 0.416 e. The molecule has 0 aromatic heterocycles. The van der Waals surface area contributed by atoms with Gasteiger partial charge in [-0.15, -0.1) is 12.4 Å². The summed E-state index contributed by atoms with van der Waals surface area (Å²) < 4.78 is 58.3. The van der Waals surface area contributed by atoms with Gasteiger partial charge in [-0.05, 0) is 83.3 Å². The van der Waals surface area contributed by atoms with Crippen molar-refractivity contribution in [3.8, 4) is 16.9 Å². The zero-order chi connectivity index (χ0) is 24.5. The van der Waals surface area contributed by atoms with Crippen LogP contribution in [0.1, 0.15) is 42.6 Å². The summed E-state index contributed by atoms with van der Waals surface area (Å²) in [5.74, 6) is 0.0811. The van der Waals surface area contributed by atoms with Gasteiger partial charge in [0.15, 0.2) is 0 Å². The number of nitrogens with one attached hydrogen (secondary N) is 1. The molecule has 0 spiro atoms. The third-order valence-corrected chi connectivity index (χ3v) is 6.04. The number of hydrogen-bond acceptors (Lipinski definition) is 2. The number of benzene rings is 4. The van der Waals surface area contributed by atoms with E-state index >= 15 is 0 Å². The molecule has 0 aliphatic heterocycles. The van der Waals surface area contributed by atoms with Crippen molar-refractivity contribution in [1.82, 2.24) is 5.32 Å². The summed E-state index contributed by atoms with van der Waals surface area (Å²) in [5, 5.41) is 5.44. The van der Waals surface area contributed by atoms with Crippen molar-refractivity contribution < 1.29 is 22.3 Å². The lowest BCUT2D eigenvalue weighted by Gasteiger charge is -2.23. The van der Waals surface area contributed by atoms with Crippen LogP contribution in [0.2, 0.25) is 0 Å². The Morgan fingerprint density at radius 3 is 2.06 bits per heavy atom. The molecule has 184 valence electrons. The van der Waals surface area contributed by atoms with Crippen molar-refractivity contribution in [3.05, 3.63) is 101 Å². The molecule has 4 aromatic carbocycles. The normalized spacial score (nSPS) is 13.2. The zero-order valence-corrected chi connectivity index (χ0v) is 20.3. The van der Waals surface area contributed by atoms with E-state index in [0.717, 1.165) is 39.6 Å². The first kappa shape index (κ1) is 26.5. The lowest BCUT2D eigenvalue weighted by Crippen LogP contribution is -2.22. The molecule has 7 heteroatoms. The summed E-state index contributed by atoms with van der Waals surface area (Å²) in [6.45, 7) is 3.95. The molecule has 35 heavy (non-hydrogen) atoms. The topological polar surface area (TPSA) is 21.3 Å². The first-order valence-corrected chi connectivity index (χ1v) is 11.0.